The summed E-state index contributed by atoms with van der Waals surface area (Å²) in [6, 6.07) is 0. The average Bonchev–Trinajstić information content (AvgIpc) is 2.04. The molecule has 0 heterocycles. The molecule has 0 aliphatic heterocycles. The van der Waals surface area contributed by atoms with Gasteiger partial charge in [-0.3, -0.25) is 0 Å². The molecule has 13 heavy (non-hydrogen) atoms. The summed E-state index contributed by atoms with van der Waals surface area (Å²) in [6.07, 6.45) is -3.28. The fraction of sp³-hybridized carbons (Fsp3) is 0.875. The van der Waals surface area contributed by atoms with Crippen LogP contribution in [-0.2, 0) is 9.53 Å². The summed E-state index contributed by atoms with van der Waals surface area (Å²) in [5.74, 6) is -1.11. The van der Waals surface area contributed by atoms with Crippen molar-refractivity contribution < 1.29 is 39.5 Å². The molecule has 0 spiro atoms. The summed E-state index contributed by atoms with van der Waals surface area (Å²) in [4.78, 5) is 12.7. The molecule has 0 aliphatic rings. The van der Waals surface area contributed by atoms with Gasteiger partial charge in [-0.15, -0.1) is 0 Å². The molecular weight excluding hydrogens is 293 g/mol. The van der Waals surface area contributed by atoms with Gasteiger partial charge in [0.2, 0.25) is 0 Å². The Hall–Kier alpha value is 0.220. The predicted molar refractivity (Wildman–Crippen MR) is 41.3 cm³/mol. The Kier molecular flexibility index (Phi) is 5.95. The van der Waals surface area contributed by atoms with Crippen LogP contribution in [0, 0.1) is 0 Å². The first-order valence-electron chi connectivity index (χ1n) is 4.01. The molecule has 0 aliphatic carbocycles. The molecule has 5 heteroatoms. The van der Waals surface area contributed by atoms with Crippen LogP contribution in [0.2, 0.25) is 0 Å². The van der Waals surface area contributed by atoms with Gasteiger partial charge in [0.1, 0.15) is 0 Å². The topological polar surface area (TPSA) is 26.3 Å². The van der Waals surface area contributed by atoms with Crippen molar-refractivity contribution in [2.75, 3.05) is 4.93 Å². The van der Waals surface area contributed by atoms with E-state index in [-0.39, 0.29) is 6.42 Å². The number of alkyl halides is 4. The van der Waals surface area contributed by atoms with Crippen molar-refractivity contribution in [3.05, 3.63) is 0 Å². The molecule has 0 bridgehead atoms. The van der Waals surface area contributed by atoms with Crippen molar-refractivity contribution in [2.45, 2.75) is 36.9 Å². The first-order valence-corrected chi connectivity index (χ1v) is 7.41. The molecule has 0 aromatic carbocycles. The quantitative estimate of drug-likeness (QED) is 0.466. The Bertz CT molecular complexity index is 174. The molecule has 0 amide bonds. The number of hydrogen-bond acceptors (Lipinski definition) is 2. The number of hydrogen-bond donors (Lipinski definition) is 0. The van der Waals surface area contributed by atoms with E-state index >= 15 is 0 Å². The van der Waals surface area contributed by atoms with E-state index in [1.165, 1.54) is 0 Å². The van der Waals surface area contributed by atoms with Gasteiger partial charge in [-0.25, -0.2) is 0 Å². The average molecular weight is 307 g/mol. The SMILES string of the molecule is CCCC(=O)C(F)(F)O[C@H](C)[I-]C. The monoisotopic (exact) mass is 307 g/mol. The van der Waals surface area contributed by atoms with E-state index in [1.807, 2.05) is 4.93 Å². The van der Waals surface area contributed by atoms with Crippen LogP contribution < -0.4 is 21.2 Å². The third-order valence-corrected chi connectivity index (χ3v) is 3.43. The van der Waals surface area contributed by atoms with Gasteiger partial charge in [0.05, 0.1) is 0 Å². The normalized spacial score (nSPS) is 14.5. The van der Waals surface area contributed by atoms with E-state index in [0.29, 0.717) is 6.42 Å². The second-order valence-corrected chi connectivity index (χ2v) is 5.57. The van der Waals surface area contributed by atoms with Crippen LogP contribution in [0.15, 0.2) is 0 Å². The standard InChI is InChI=1S/C8H14F2IO2/c1-4-5-7(12)8(9,10)13-6(2)11-3/h6H,4-5H2,1-3H3/q-1/t6-/m1/s1. The van der Waals surface area contributed by atoms with Gasteiger partial charge in [-0.1, -0.05) is 0 Å². The van der Waals surface area contributed by atoms with Gasteiger partial charge >= 0.3 is 87.1 Å². The van der Waals surface area contributed by atoms with Crippen LogP contribution in [0.5, 0.6) is 0 Å². The van der Waals surface area contributed by atoms with Crippen molar-refractivity contribution in [1.82, 2.24) is 0 Å². The summed E-state index contributed by atoms with van der Waals surface area (Å²) < 4.78 is 29.7. The van der Waals surface area contributed by atoms with Crippen molar-refractivity contribution in [2.24, 2.45) is 0 Å². The number of ketones is 1. The van der Waals surface area contributed by atoms with E-state index in [2.05, 4.69) is 4.74 Å². The molecule has 0 aromatic rings. The number of halogens is 3. The minimum absolute atomic E-state index is 0.123. The van der Waals surface area contributed by atoms with Crippen LogP contribution in [0.1, 0.15) is 26.7 Å². The summed E-state index contributed by atoms with van der Waals surface area (Å²) in [5, 5.41) is 0. The van der Waals surface area contributed by atoms with E-state index in [1.54, 1.807) is 13.8 Å². The number of carbonyl (C=O) groups is 1. The number of rotatable bonds is 6. The van der Waals surface area contributed by atoms with Crippen LogP contribution in [0.4, 0.5) is 8.78 Å². The number of Topliss-reactive ketones (excluding diaryl/α,β-unsaturated/α-hetero) is 1. The van der Waals surface area contributed by atoms with Gasteiger partial charge in [0.15, 0.2) is 0 Å². The minimum atomic E-state index is -3.58. The summed E-state index contributed by atoms with van der Waals surface area (Å²) in [7, 11) is 0. The fourth-order valence-corrected chi connectivity index (χ4v) is 1.26. The molecule has 0 radical (unpaired) electrons. The van der Waals surface area contributed by atoms with Gasteiger partial charge in [-0.05, 0) is 0 Å². The van der Waals surface area contributed by atoms with E-state index in [9.17, 15) is 13.6 Å². The van der Waals surface area contributed by atoms with Gasteiger partial charge < -0.3 is 0 Å². The molecule has 0 unspecified atom stereocenters. The first-order chi connectivity index (χ1) is 5.94. The number of ether oxygens (including phenoxy) is 1. The molecule has 0 rings (SSSR count). The zero-order chi connectivity index (χ0) is 10.5. The van der Waals surface area contributed by atoms with Crippen LogP contribution in [0.3, 0.4) is 0 Å². The van der Waals surface area contributed by atoms with Gasteiger partial charge in [0, 0.05) is 0 Å². The molecule has 80 valence electrons. The van der Waals surface area contributed by atoms with Crippen molar-refractivity contribution in [1.29, 1.82) is 0 Å². The maximum absolute atomic E-state index is 12.9. The van der Waals surface area contributed by atoms with E-state index < -0.39 is 37.2 Å². The Morgan fingerprint density at radius 1 is 1.62 bits per heavy atom. The maximum atomic E-state index is 12.9. The Morgan fingerprint density at radius 3 is 2.54 bits per heavy atom. The van der Waals surface area contributed by atoms with E-state index in [0.717, 1.165) is 0 Å². The summed E-state index contributed by atoms with van der Waals surface area (Å²) in [6.45, 7) is 3.25. The summed E-state index contributed by atoms with van der Waals surface area (Å²) in [5.41, 5.74) is 0. The van der Waals surface area contributed by atoms with Crippen molar-refractivity contribution in [3.8, 4) is 0 Å². The van der Waals surface area contributed by atoms with Crippen LogP contribution >= 0.6 is 0 Å². The fourth-order valence-electron chi connectivity index (χ4n) is 0.687. The zero-order valence-corrected chi connectivity index (χ0v) is 10.1. The molecule has 0 fully saturated rings. The van der Waals surface area contributed by atoms with Crippen molar-refractivity contribution >= 4 is 5.78 Å². The Morgan fingerprint density at radius 2 is 2.15 bits per heavy atom. The first kappa shape index (κ1) is 13.2. The Labute approximate surface area is 87.3 Å². The molecule has 1 atom stereocenters. The molecule has 0 saturated carbocycles. The third-order valence-electron chi connectivity index (χ3n) is 1.42. The van der Waals surface area contributed by atoms with E-state index in [4.69, 9.17) is 0 Å². The third kappa shape index (κ3) is 4.85. The van der Waals surface area contributed by atoms with Crippen LogP contribution in [0.25, 0.3) is 0 Å². The molecule has 0 aromatic heterocycles. The molecule has 0 saturated heterocycles. The van der Waals surface area contributed by atoms with Crippen LogP contribution in [-0.4, -0.2) is 20.9 Å². The van der Waals surface area contributed by atoms with Gasteiger partial charge in [0.25, 0.3) is 0 Å². The second kappa shape index (κ2) is 5.85. The second-order valence-electron chi connectivity index (χ2n) is 2.57. The zero-order valence-electron chi connectivity index (χ0n) is 7.94. The van der Waals surface area contributed by atoms with Crippen molar-refractivity contribution in [3.63, 3.8) is 0 Å². The Balaban J connectivity index is 4.13. The molecular formula is C8H14F2IO2-. The predicted octanol–water partition coefficient (Wildman–Crippen LogP) is -0.970. The summed E-state index contributed by atoms with van der Waals surface area (Å²) >= 11 is -0.411. The van der Waals surface area contributed by atoms with Gasteiger partial charge in [-0.2, -0.15) is 0 Å². The molecule has 2 nitrogen and oxygen atoms in total. The number of carbonyl (C=O) groups excluding carboxylic acids is 1. The molecule has 0 N–H and O–H groups in total.